The molecule has 0 aromatic heterocycles. The molecule has 2 aromatic carbocycles. The van der Waals surface area contributed by atoms with E-state index in [1.807, 2.05) is 0 Å². The maximum absolute atomic E-state index is 5.91. The van der Waals surface area contributed by atoms with Crippen molar-refractivity contribution in [1.82, 2.24) is 0 Å². The molecule has 0 aliphatic carbocycles. The maximum atomic E-state index is 5.91. The zero-order valence-corrected chi connectivity index (χ0v) is 30.2. The van der Waals surface area contributed by atoms with E-state index >= 15 is 0 Å². The van der Waals surface area contributed by atoms with Gasteiger partial charge in [-0.15, -0.1) is 11.8 Å². The van der Waals surface area contributed by atoms with Crippen LogP contribution in [0.15, 0.2) is 48.5 Å². The molecule has 260 valence electrons. The first kappa shape index (κ1) is 40.3. The minimum Gasteiger partial charge on any atom is -0.494 e. The second-order valence-corrected chi connectivity index (χ2v) is 12.8. The van der Waals surface area contributed by atoms with Gasteiger partial charge in [0.05, 0.1) is 13.2 Å². The molecule has 0 bridgehead atoms. The van der Waals surface area contributed by atoms with Crippen LogP contribution in [0.3, 0.4) is 0 Å². The number of hydrogen-bond donors (Lipinski definition) is 0. The molecule has 0 spiro atoms. The summed E-state index contributed by atoms with van der Waals surface area (Å²) in [6.45, 7) is 7.70. The van der Waals surface area contributed by atoms with Gasteiger partial charge < -0.3 is 14.2 Å². The molecular formula is C44H66O3. The van der Waals surface area contributed by atoms with E-state index in [2.05, 4.69) is 86.1 Å². The van der Waals surface area contributed by atoms with Gasteiger partial charge >= 0.3 is 0 Å². The number of unbranched alkanes of at least 4 members (excludes halogenated alkanes) is 16. The standard InChI is InChI=1S/C44H66O3/c1-3-5-7-9-11-13-17-25-39-46-43-33-29-41(30-34-43)27-21-15-19-23-37-45-38-24-20-16-22-28-42-31-35-44(36-32-42)47-40-26-18-14-12-10-8-6-4-2/h29-36H,3-14,17-20,23-28,37-40H2,1-2H3. The molecule has 0 unspecified atom stereocenters. The lowest BCUT2D eigenvalue weighted by Gasteiger charge is -2.06. The van der Waals surface area contributed by atoms with Crippen LogP contribution in [-0.2, 0) is 17.6 Å². The second kappa shape index (κ2) is 30.5. The number of ether oxygens (including phenoxy) is 3. The monoisotopic (exact) mass is 643 g/mol. The van der Waals surface area contributed by atoms with Gasteiger partial charge in [0.25, 0.3) is 0 Å². The molecule has 0 fully saturated rings. The summed E-state index contributed by atoms with van der Waals surface area (Å²) in [7, 11) is 0. The quantitative estimate of drug-likeness (QED) is 0.0683. The summed E-state index contributed by atoms with van der Waals surface area (Å²) in [6.07, 6.45) is 26.5. The molecule has 2 rings (SSSR count). The Morgan fingerprint density at radius 3 is 1.13 bits per heavy atom. The van der Waals surface area contributed by atoms with E-state index in [1.54, 1.807) is 0 Å². The van der Waals surface area contributed by atoms with E-state index < -0.39 is 0 Å². The number of rotatable bonds is 28. The van der Waals surface area contributed by atoms with Crippen molar-refractivity contribution in [2.45, 2.75) is 155 Å². The average Bonchev–Trinajstić information content (AvgIpc) is 3.10. The summed E-state index contributed by atoms with van der Waals surface area (Å²) in [5.74, 6) is 15.1. The van der Waals surface area contributed by atoms with Crippen molar-refractivity contribution in [3.05, 3.63) is 59.7 Å². The van der Waals surface area contributed by atoms with Gasteiger partial charge in [-0.3, -0.25) is 0 Å². The lowest BCUT2D eigenvalue weighted by molar-refractivity contribution is 0.131. The topological polar surface area (TPSA) is 27.7 Å². The fourth-order valence-electron chi connectivity index (χ4n) is 5.39. The summed E-state index contributed by atoms with van der Waals surface area (Å²) < 4.78 is 17.6. The van der Waals surface area contributed by atoms with Crippen molar-refractivity contribution in [3.8, 4) is 35.2 Å². The molecule has 2 aromatic rings. The van der Waals surface area contributed by atoms with Crippen molar-refractivity contribution in [1.29, 1.82) is 0 Å². The summed E-state index contributed by atoms with van der Waals surface area (Å²) in [5.41, 5.74) is 2.48. The molecule has 47 heavy (non-hydrogen) atoms. The number of hydrogen-bond acceptors (Lipinski definition) is 3. The fourth-order valence-corrected chi connectivity index (χ4v) is 5.39. The Balaban J connectivity index is 1.39. The molecule has 3 nitrogen and oxygen atoms in total. The molecule has 0 amide bonds. The van der Waals surface area contributed by atoms with Crippen LogP contribution in [0.25, 0.3) is 0 Å². The molecule has 0 aliphatic heterocycles. The molecule has 0 saturated heterocycles. The Labute approximate surface area is 290 Å². The van der Waals surface area contributed by atoms with Crippen LogP contribution >= 0.6 is 0 Å². The van der Waals surface area contributed by atoms with Crippen LogP contribution in [0.2, 0.25) is 0 Å². The first-order valence-electron chi connectivity index (χ1n) is 19.2. The Morgan fingerprint density at radius 1 is 0.383 bits per heavy atom. The second-order valence-electron chi connectivity index (χ2n) is 12.8. The predicted molar refractivity (Wildman–Crippen MR) is 201 cm³/mol. The van der Waals surface area contributed by atoms with Gasteiger partial charge in [-0.1, -0.05) is 140 Å². The highest BCUT2D eigenvalue weighted by Crippen LogP contribution is 2.15. The normalized spacial score (nSPS) is 10.6. The van der Waals surface area contributed by atoms with E-state index in [0.717, 1.165) is 89.3 Å². The fraction of sp³-hybridized carbons (Fsp3) is 0.636. The van der Waals surface area contributed by atoms with Crippen molar-refractivity contribution >= 4 is 0 Å². The van der Waals surface area contributed by atoms with Gasteiger partial charge in [0.1, 0.15) is 11.5 Å². The first-order valence-corrected chi connectivity index (χ1v) is 19.2. The molecule has 0 radical (unpaired) electrons. The molecule has 0 atom stereocenters. The highest BCUT2D eigenvalue weighted by molar-refractivity contribution is 5.30. The molecule has 0 saturated carbocycles. The summed E-state index contributed by atoms with van der Waals surface area (Å²) in [4.78, 5) is 0. The van der Waals surface area contributed by atoms with Gasteiger partial charge in [-0.2, -0.15) is 0 Å². The van der Waals surface area contributed by atoms with Gasteiger partial charge in [-0.25, -0.2) is 0 Å². The van der Waals surface area contributed by atoms with Crippen LogP contribution in [0.1, 0.15) is 153 Å². The van der Waals surface area contributed by atoms with E-state index in [0.29, 0.717) is 0 Å². The lowest BCUT2D eigenvalue weighted by Crippen LogP contribution is -1.97. The third-order valence-corrected chi connectivity index (χ3v) is 8.40. The zero-order valence-electron chi connectivity index (χ0n) is 30.2. The van der Waals surface area contributed by atoms with Crippen molar-refractivity contribution in [2.24, 2.45) is 0 Å². The van der Waals surface area contributed by atoms with Crippen LogP contribution in [0.4, 0.5) is 0 Å². The van der Waals surface area contributed by atoms with Gasteiger partial charge in [0.2, 0.25) is 0 Å². The smallest absolute Gasteiger partial charge is 0.119 e. The summed E-state index contributed by atoms with van der Waals surface area (Å²) >= 11 is 0. The molecule has 0 N–H and O–H groups in total. The van der Waals surface area contributed by atoms with Crippen LogP contribution in [-0.4, -0.2) is 26.4 Å². The van der Waals surface area contributed by atoms with E-state index in [1.165, 1.54) is 101 Å². The Bertz CT molecular complexity index is 1010. The summed E-state index contributed by atoms with van der Waals surface area (Å²) in [6, 6.07) is 16.8. The van der Waals surface area contributed by atoms with Crippen LogP contribution in [0.5, 0.6) is 11.5 Å². The van der Waals surface area contributed by atoms with Crippen LogP contribution in [0, 0.1) is 23.7 Å². The summed E-state index contributed by atoms with van der Waals surface area (Å²) in [5, 5.41) is 0. The minimum absolute atomic E-state index is 0.764. The van der Waals surface area contributed by atoms with E-state index in [4.69, 9.17) is 14.2 Å². The van der Waals surface area contributed by atoms with Crippen molar-refractivity contribution in [3.63, 3.8) is 0 Å². The Hall–Kier alpha value is -2.88. The SMILES string of the molecule is CCCCCCCCCCOc1ccc(CC#CCCCOCCCC#CCc2ccc(OCCCCCCCCCC)cc2)cc1. The van der Waals surface area contributed by atoms with E-state index in [-0.39, 0.29) is 0 Å². The highest BCUT2D eigenvalue weighted by atomic mass is 16.5. The minimum atomic E-state index is 0.764. The van der Waals surface area contributed by atoms with E-state index in [9.17, 15) is 0 Å². The maximum Gasteiger partial charge on any atom is 0.119 e. The largest absolute Gasteiger partial charge is 0.494 e. The van der Waals surface area contributed by atoms with Gasteiger partial charge in [0.15, 0.2) is 0 Å². The third-order valence-electron chi connectivity index (χ3n) is 8.40. The lowest BCUT2D eigenvalue weighted by atomic mass is 10.1. The zero-order chi connectivity index (χ0) is 33.3. The van der Waals surface area contributed by atoms with Crippen LogP contribution < -0.4 is 9.47 Å². The molecule has 3 heteroatoms. The average molecular weight is 643 g/mol. The molecular weight excluding hydrogens is 576 g/mol. The molecule has 0 heterocycles. The first-order chi connectivity index (χ1) is 23.3. The van der Waals surface area contributed by atoms with Crippen molar-refractivity contribution < 1.29 is 14.2 Å². The van der Waals surface area contributed by atoms with Gasteiger partial charge in [0, 0.05) is 38.9 Å². The Morgan fingerprint density at radius 2 is 0.745 bits per heavy atom. The van der Waals surface area contributed by atoms with Gasteiger partial charge in [-0.05, 0) is 61.1 Å². The number of benzene rings is 2. The third kappa shape index (κ3) is 24.0. The van der Waals surface area contributed by atoms with Crippen molar-refractivity contribution in [2.75, 3.05) is 26.4 Å². The molecule has 0 aliphatic rings. The highest BCUT2D eigenvalue weighted by Gasteiger charge is 1.98. The predicted octanol–water partition coefficient (Wildman–Crippen LogP) is 12.1. The Kier molecular flexibility index (Phi) is 26.1.